The summed E-state index contributed by atoms with van der Waals surface area (Å²) < 4.78 is 76.9. The minimum Gasteiger partial charge on any atom is -0.497 e. The molecule has 3 amide bonds. The predicted molar refractivity (Wildman–Crippen MR) is 181 cm³/mol. The van der Waals surface area contributed by atoms with Crippen molar-refractivity contribution in [2.75, 3.05) is 7.11 Å². The van der Waals surface area contributed by atoms with Crippen molar-refractivity contribution in [3.8, 4) is 5.75 Å². The van der Waals surface area contributed by atoms with E-state index in [1.807, 2.05) is 0 Å². The van der Waals surface area contributed by atoms with Crippen molar-refractivity contribution in [3.05, 3.63) is 99.0 Å². The summed E-state index contributed by atoms with van der Waals surface area (Å²) in [6.07, 6.45) is -10.4. The lowest BCUT2D eigenvalue weighted by Crippen LogP contribution is -2.55. The second-order valence-corrected chi connectivity index (χ2v) is 12.3. The standard InChI is InChI=1S/C32H33Cl2F3N4O5.C2HF3O2/c1-17(2)26(28(42)32(35,36)37)40-31(45)27(19-9-11-23(46-3)12-10-19)41-30(44)25(14-18-5-4-6-22(33)13-18)39-29(43)20-7-8-21(16-38)24(34)15-20;3-2(4,5)1(6)7/h4-13,15,17,25-27H,14,16,38H2,1-3H3,(H,39,43)(H,40,45)(H,41,44);(H,6,7). The topological polar surface area (TPSA) is 177 Å². The van der Waals surface area contributed by atoms with Crippen molar-refractivity contribution >= 4 is 52.7 Å². The molecule has 0 aromatic heterocycles. The molecule has 3 aromatic rings. The summed E-state index contributed by atoms with van der Waals surface area (Å²) in [6.45, 7) is 2.83. The average molecular weight is 796 g/mol. The number of methoxy groups -OCH3 is 1. The summed E-state index contributed by atoms with van der Waals surface area (Å²) in [4.78, 5) is 61.7. The lowest BCUT2D eigenvalue weighted by molar-refractivity contribution is -0.192. The van der Waals surface area contributed by atoms with Crippen LogP contribution in [0.4, 0.5) is 26.3 Å². The molecule has 0 aliphatic heterocycles. The van der Waals surface area contributed by atoms with Crippen molar-refractivity contribution < 1.29 is 60.2 Å². The Morgan fingerprint density at radius 3 is 1.91 bits per heavy atom. The van der Waals surface area contributed by atoms with Gasteiger partial charge >= 0.3 is 18.3 Å². The molecule has 19 heteroatoms. The Balaban J connectivity index is 0.00000126. The average Bonchev–Trinajstić information content (AvgIpc) is 3.08. The van der Waals surface area contributed by atoms with E-state index >= 15 is 0 Å². The van der Waals surface area contributed by atoms with Gasteiger partial charge in [0, 0.05) is 28.6 Å². The molecule has 0 radical (unpaired) electrons. The van der Waals surface area contributed by atoms with Crippen LogP contribution in [0, 0.1) is 5.92 Å². The van der Waals surface area contributed by atoms with Crippen LogP contribution in [0.1, 0.15) is 46.9 Å². The summed E-state index contributed by atoms with van der Waals surface area (Å²) in [5.74, 6) is -8.02. The summed E-state index contributed by atoms with van der Waals surface area (Å²) in [5, 5.41) is 15.1. The van der Waals surface area contributed by atoms with E-state index in [1.54, 1.807) is 30.3 Å². The highest BCUT2D eigenvalue weighted by Gasteiger charge is 2.45. The quantitative estimate of drug-likeness (QED) is 0.140. The largest absolute Gasteiger partial charge is 0.497 e. The highest BCUT2D eigenvalue weighted by atomic mass is 35.5. The molecule has 53 heavy (non-hydrogen) atoms. The number of ketones is 1. The van der Waals surface area contributed by atoms with E-state index in [4.69, 9.17) is 43.6 Å². The van der Waals surface area contributed by atoms with E-state index < -0.39 is 65.9 Å². The van der Waals surface area contributed by atoms with Crippen molar-refractivity contribution in [1.29, 1.82) is 0 Å². The van der Waals surface area contributed by atoms with Gasteiger partial charge in [0.1, 0.15) is 17.8 Å². The number of carboxylic acid groups (broad SMARTS) is 1. The van der Waals surface area contributed by atoms with Gasteiger partial charge in [0.25, 0.3) is 11.7 Å². The Labute approximate surface area is 309 Å². The molecule has 0 fully saturated rings. The van der Waals surface area contributed by atoms with Crippen molar-refractivity contribution in [1.82, 2.24) is 16.0 Å². The summed E-state index contributed by atoms with van der Waals surface area (Å²) in [6, 6.07) is 12.0. The van der Waals surface area contributed by atoms with Crippen LogP contribution in [0.15, 0.2) is 66.7 Å². The number of carbonyl (C=O) groups is 5. The minimum absolute atomic E-state index is 0.0785. The number of ether oxygens (including phenoxy) is 1. The lowest BCUT2D eigenvalue weighted by Gasteiger charge is -2.27. The van der Waals surface area contributed by atoms with Crippen LogP contribution in [-0.2, 0) is 32.1 Å². The van der Waals surface area contributed by atoms with E-state index in [-0.39, 0.29) is 29.1 Å². The zero-order valence-corrected chi connectivity index (χ0v) is 29.6. The number of alkyl halides is 6. The fraction of sp³-hybridized carbons (Fsp3) is 0.324. The molecular weight excluding hydrogens is 761 g/mol. The van der Waals surface area contributed by atoms with Gasteiger partial charge in [-0.25, -0.2) is 4.79 Å². The number of hydrogen-bond donors (Lipinski definition) is 5. The highest BCUT2D eigenvalue weighted by molar-refractivity contribution is 6.31. The first-order valence-corrected chi connectivity index (χ1v) is 16.0. The smallest absolute Gasteiger partial charge is 0.490 e. The zero-order valence-electron chi connectivity index (χ0n) is 28.1. The first kappa shape index (κ1) is 44.3. The molecule has 0 saturated heterocycles. The predicted octanol–water partition coefficient (Wildman–Crippen LogP) is 5.56. The number of rotatable bonds is 13. The molecule has 3 atom stereocenters. The van der Waals surface area contributed by atoms with Crippen LogP contribution < -0.4 is 26.4 Å². The molecule has 288 valence electrons. The number of carbonyl (C=O) groups excluding carboxylic acids is 4. The SMILES string of the molecule is COc1ccc(C(NC(=O)C(Cc2cccc(Cl)c2)NC(=O)c2ccc(CN)c(Cl)c2)C(=O)NC(C(=O)C(F)(F)F)C(C)C)cc1.O=C(O)C(F)(F)F. The van der Waals surface area contributed by atoms with Crippen LogP contribution in [0.5, 0.6) is 5.75 Å². The van der Waals surface area contributed by atoms with Gasteiger partial charge in [-0.15, -0.1) is 0 Å². The van der Waals surface area contributed by atoms with Crippen molar-refractivity contribution in [2.45, 2.75) is 57.3 Å². The van der Waals surface area contributed by atoms with Gasteiger partial charge in [-0.2, -0.15) is 26.3 Å². The molecule has 0 aliphatic carbocycles. The van der Waals surface area contributed by atoms with Gasteiger partial charge in [0.15, 0.2) is 0 Å². The van der Waals surface area contributed by atoms with Crippen molar-refractivity contribution in [2.24, 2.45) is 11.7 Å². The van der Waals surface area contributed by atoms with E-state index in [2.05, 4.69) is 16.0 Å². The number of nitrogens with two attached hydrogens (primary N) is 1. The van der Waals surface area contributed by atoms with Gasteiger partial charge in [0.2, 0.25) is 11.8 Å². The Hall–Kier alpha value is -4.87. The Morgan fingerprint density at radius 1 is 0.830 bits per heavy atom. The third-order valence-electron chi connectivity index (χ3n) is 7.25. The second kappa shape index (κ2) is 19.3. The highest BCUT2D eigenvalue weighted by Crippen LogP contribution is 2.24. The van der Waals surface area contributed by atoms with Crippen LogP contribution in [0.25, 0.3) is 0 Å². The molecule has 6 N–H and O–H groups in total. The minimum atomic E-state index is -5.21. The molecule has 0 bridgehead atoms. The summed E-state index contributed by atoms with van der Waals surface area (Å²) in [7, 11) is 1.41. The van der Waals surface area contributed by atoms with Gasteiger partial charge in [-0.3, -0.25) is 19.2 Å². The third-order valence-corrected chi connectivity index (χ3v) is 7.84. The number of benzene rings is 3. The lowest BCUT2D eigenvalue weighted by atomic mass is 9.97. The van der Waals surface area contributed by atoms with E-state index in [0.717, 1.165) is 0 Å². The fourth-order valence-electron chi connectivity index (χ4n) is 4.49. The number of hydrogen-bond acceptors (Lipinski definition) is 7. The van der Waals surface area contributed by atoms with E-state index in [9.17, 15) is 45.5 Å². The molecule has 3 rings (SSSR count). The first-order valence-electron chi connectivity index (χ1n) is 15.3. The van der Waals surface area contributed by atoms with Gasteiger partial charge < -0.3 is 31.5 Å². The van der Waals surface area contributed by atoms with Crippen LogP contribution >= 0.6 is 23.2 Å². The Kier molecular flexibility index (Phi) is 16.1. The number of nitrogens with one attached hydrogen (secondary N) is 3. The Bertz CT molecular complexity index is 1770. The fourth-order valence-corrected chi connectivity index (χ4v) is 4.96. The van der Waals surface area contributed by atoms with Crippen molar-refractivity contribution in [3.63, 3.8) is 0 Å². The molecule has 0 heterocycles. The maximum absolute atomic E-state index is 13.8. The number of Topliss-reactive ketones (excluding diaryl/α,β-unsaturated/α-hetero) is 1. The maximum atomic E-state index is 13.8. The van der Waals surface area contributed by atoms with Crippen LogP contribution in [-0.4, -0.2) is 66.1 Å². The van der Waals surface area contributed by atoms with Crippen LogP contribution in [0.2, 0.25) is 10.0 Å². The first-order chi connectivity index (χ1) is 24.6. The normalized spacial score (nSPS) is 13.1. The van der Waals surface area contributed by atoms with E-state index in [0.29, 0.717) is 21.9 Å². The number of halogens is 8. The van der Waals surface area contributed by atoms with Gasteiger partial charge in [-0.1, -0.05) is 67.4 Å². The monoisotopic (exact) mass is 794 g/mol. The number of carboxylic acids is 1. The van der Waals surface area contributed by atoms with Crippen LogP contribution in [0.3, 0.4) is 0 Å². The maximum Gasteiger partial charge on any atom is 0.490 e. The number of aliphatic carboxylic acids is 1. The molecule has 3 aromatic carbocycles. The molecular formula is C34H34Cl2F6N4O7. The number of amides is 3. The molecule has 3 unspecified atom stereocenters. The summed E-state index contributed by atoms with van der Waals surface area (Å²) in [5.41, 5.74) is 7.11. The Morgan fingerprint density at radius 2 is 1.43 bits per heavy atom. The molecule has 0 aliphatic rings. The van der Waals surface area contributed by atoms with Gasteiger partial charge in [-0.05, 0) is 59.0 Å². The van der Waals surface area contributed by atoms with Gasteiger partial charge in [0.05, 0.1) is 13.2 Å². The summed E-state index contributed by atoms with van der Waals surface area (Å²) >= 11 is 12.4. The molecule has 11 nitrogen and oxygen atoms in total. The molecule has 0 saturated carbocycles. The molecule has 0 spiro atoms. The second-order valence-electron chi connectivity index (χ2n) is 11.5. The third kappa shape index (κ3) is 13.6. The zero-order chi connectivity index (χ0) is 40.3. The van der Waals surface area contributed by atoms with E-state index in [1.165, 1.54) is 57.4 Å².